The Labute approximate surface area is 117 Å². The van der Waals surface area contributed by atoms with Gasteiger partial charge in [-0.15, -0.1) is 0 Å². The first kappa shape index (κ1) is 14.5. The molecule has 0 saturated carbocycles. The van der Waals surface area contributed by atoms with Gasteiger partial charge in [-0.2, -0.15) is 0 Å². The lowest BCUT2D eigenvalue weighted by Crippen LogP contribution is -2.36. The number of hydrogen-bond donors (Lipinski definition) is 2. The fraction of sp³-hybridized carbons (Fsp3) is 0.364. The van der Waals surface area contributed by atoms with Crippen molar-refractivity contribution in [2.45, 2.75) is 18.6 Å². The zero-order chi connectivity index (χ0) is 15.0. The van der Waals surface area contributed by atoms with E-state index in [1.807, 2.05) is 0 Å². The number of nitrogens with zero attached hydrogens (tertiary/aromatic N) is 2. The fourth-order valence-corrected chi connectivity index (χ4v) is 2.37. The molecule has 1 aromatic carbocycles. The maximum absolute atomic E-state index is 13.3. The Hall–Kier alpha value is -1.93. The van der Waals surface area contributed by atoms with Crippen LogP contribution < -0.4 is 4.90 Å². The van der Waals surface area contributed by atoms with Crippen LogP contribution in [0.15, 0.2) is 12.1 Å². The molecule has 1 aromatic rings. The van der Waals surface area contributed by atoms with E-state index in [0.29, 0.717) is 6.07 Å². The maximum Gasteiger partial charge on any atom is 0.326 e. The van der Waals surface area contributed by atoms with Gasteiger partial charge in [0.05, 0.1) is 22.1 Å². The van der Waals surface area contributed by atoms with Crippen LogP contribution in [0.3, 0.4) is 0 Å². The maximum atomic E-state index is 13.3. The number of nitro benzene ring substituents is 1. The SMILES string of the molecule is O=C(O)C1CC(O)CN1c1cc(Cl)c(F)cc1[N+](=O)[O-]. The number of anilines is 1. The van der Waals surface area contributed by atoms with Crippen LogP contribution in [0.4, 0.5) is 15.8 Å². The van der Waals surface area contributed by atoms with Crippen LogP contribution in [-0.2, 0) is 4.79 Å². The predicted octanol–water partition coefficient (Wildman–Crippen LogP) is 1.41. The van der Waals surface area contributed by atoms with Crippen molar-refractivity contribution in [3.8, 4) is 0 Å². The lowest BCUT2D eigenvalue weighted by molar-refractivity contribution is -0.384. The molecule has 0 aromatic heterocycles. The van der Waals surface area contributed by atoms with E-state index in [0.717, 1.165) is 11.0 Å². The van der Waals surface area contributed by atoms with Crippen LogP contribution >= 0.6 is 11.6 Å². The summed E-state index contributed by atoms with van der Waals surface area (Å²) in [5, 5.41) is 29.2. The van der Waals surface area contributed by atoms with Gasteiger partial charge in [-0.3, -0.25) is 10.1 Å². The second kappa shape index (κ2) is 5.22. The third kappa shape index (κ3) is 2.52. The van der Waals surface area contributed by atoms with Crippen LogP contribution in [0.2, 0.25) is 5.02 Å². The Morgan fingerprint density at radius 2 is 2.20 bits per heavy atom. The molecular weight excluding hydrogens is 295 g/mol. The lowest BCUT2D eigenvalue weighted by Gasteiger charge is -2.23. The number of aliphatic hydroxyl groups is 1. The van der Waals surface area contributed by atoms with Crippen molar-refractivity contribution in [2.75, 3.05) is 11.4 Å². The molecule has 0 aliphatic carbocycles. The molecule has 0 bridgehead atoms. The molecule has 2 unspecified atom stereocenters. The molecule has 1 saturated heterocycles. The third-order valence-corrected chi connectivity index (χ3v) is 3.38. The van der Waals surface area contributed by atoms with Gasteiger partial charge >= 0.3 is 5.97 Å². The summed E-state index contributed by atoms with van der Waals surface area (Å²) in [7, 11) is 0. The largest absolute Gasteiger partial charge is 0.480 e. The number of halogens is 2. The van der Waals surface area contributed by atoms with E-state index in [9.17, 15) is 24.4 Å². The molecule has 2 atom stereocenters. The fourth-order valence-electron chi connectivity index (χ4n) is 2.22. The molecule has 20 heavy (non-hydrogen) atoms. The number of rotatable bonds is 3. The monoisotopic (exact) mass is 304 g/mol. The van der Waals surface area contributed by atoms with Crippen molar-refractivity contribution < 1.29 is 24.3 Å². The average molecular weight is 305 g/mol. The minimum Gasteiger partial charge on any atom is -0.480 e. The minimum absolute atomic E-state index is 0.0680. The van der Waals surface area contributed by atoms with Gasteiger partial charge in [0.25, 0.3) is 5.69 Å². The molecule has 0 amide bonds. The number of β-amino-alcohol motifs (C(OH)–C–C–N with tert-alkyl or cyclic N) is 1. The number of nitro groups is 1. The first-order valence-electron chi connectivity index (χ1n) is 5.62. The Bertz CT molecular complexity index is 582. The number of carboxylic acid groups (broad SMARTS) is 1. The zero-order valence-electron chi connectivity index (χ0n) is 9.99. The third-order valence-electron chi connectivity index (χ3n) is 3.09. The highest BCUT2D eigenvalue weighted by molar-refractivity contribution is 6.31. The summed E-state index contributed by atoms with van der Waals surface area (Å²) in [6.07, 6.45) is -0.999. The number of aliphatic carboxylic acids is 1. The second-order valence-corrected chi connectivity index (χ2v) is 4.82. The molecule has 9 heteroatoms. The number of carboxylic acids is 1. The molecule has 1 aliphatic heterocycles. The van der Waals surface area contributed by atoms with Crippen molar-refractivity contribution >= 4 is 28.9 Å². The Kier molecular flexibility index (Phi) is 3.78. The quantitative estimate of drug-likeness (QED) is 0.646. The van der Waals surface area contributed by atoms with E-state index in [1.54, 1.807) is 0 Å². The highest BCUT2D eigenvalue weighted by atomic mass is 35.5. The number of aliphatic hydroxyl groups excluding tert-OH is 1. The molecular formula is C11H10ClFN2O5. The van der Waals surface area contributed by atoms with Crippen molar-refractivity contribution in [3.63, 3.8) is 0 Å². The normalized spacial score (nSPS) is 22.1. The minimum atomic E-state index is -1.23. The predicted molar refractivity (Wildman–Crippen MR) is 67.5 cm³/mol. The van der Waals surface area contributed by atoms with Gasteiger partial charge in [0, 0.05) is 13.0 Å². The topological polar surface area (TPSA) is 104 Å². The highest BCUT2D eigenvalue weighted by Crippen LogP contribution is 2.37. The van der Waals surface area contributed by atoms with Crippen LogP contribution in [0.5, 0.6) is 0 Å². The van der Waals surface area contributed by atoms with Gasteiger partial charge in [-0.25, -0.2) is 9.18 Å². The first-order chi connectivity index (χ1) is 9.31. The summed E-state index contributed by atoms with van der Waals surface area (Å²) in [6.45, 7) is -0.0975. The number of carbonyl (C=O) groups is 1. The molecule has 0 spiro atoms. The zero-order valence-corrected chi connectivity index (χ0v) is 10.7. The molecule has 0 radical (unpaired) electrons. The van der Waals surface area contributed by atoms with E-state index < -0.39 is 34.5 Å². The smallest absolute Gasteiger partial charge is 0.326 e. The summed E-state index contributed by atoms with van der Waals surface area (Å²) in [5.41, 5.74) is -0.711. The summed E-state index contributed by atoms with van der Waals surface area (Å²) in [6, 6.07) is 0.523. The summed E-state index contributed by atoms with van der Waals surface area (Å²) in [4.78, 5) is 22.4. The van der Waals surface area contributed by atoms with E-state index in [4.69, 9.17) is 16.7 Å². The van der Waals surface area contributed by atoms with E-state index in [1.165, 1.54) is 0 Å². The number of hydrogen-bond acceptors (Lipinski definition) is 5. The van der Waals surface area contributed by atoms with Crippen LogP contribution in [0, 0.1) is 15.9 Å². The molecule has 7 nitrogen and oxygen atoms in total. The summed E-state index contributed by atoms with van der Waals surface area (Å²) in [5.74, 6) is -2.19. The van der Waals surface area contributed by atoms with Gasteiger partial charge in [0.1, 0.15) is 17.5 Å². The molecule has 1 fully saturated rings. The molecule has 2 N–H and O–H groups in total. The van der Waals surface area contributed by atoms with Crippen LogP contribution in [-0.4, -0.2) is 39.8 Å². The highest BCUT2D eigenvalue weighted by Gasteiger charge is 2.39. The van der Waals surface area contributed by atoms with Crippen molar-refractivity contribution in [3.05, 3.63) is 33.1 Å². The van der Waals surface area contributed by atoms with Gasteiger partial charge in [0.2, 0.25) is 0 Å². The van der Waals surface area contributed by atoms with Gasteiger partial charge in [0.15, 0.2) is 0 Å². The van der Waals surface area contributed by atoms with E-state index in [2.05, 4.69) is 0 Å². The molecule has 108 valence electrons. The van der Waals surface area contributed by atoms with E-state index in [-0.39, 0.29) is 23.7 Å². The van der Waals surface area contributed by atoms with Gasteiger partial charge < -0.3 is 15.1 Å². The Balaban J connectivity index is 2.53. The second-order valence-electron chi connectivity index (χ2n) is 4.41. The van der Waals surface area contributed by atoms with Gasteiger partial charge in [-0.05, 0) is 6.07 Å². The standard InChI is InChI=1S/C11H10ClFN2O5/c12-6-2-8(9(15(19)20)3-7(6)13)14-4-5(16)1-10(14)11(17)18/h2-3,5,10,16H,1,4H2,(H,17,18). The lowest BCUT2D eigenvalue weighted by atomic mass is 10.2. The van der Waals surface area contributed by atoms with Gasteiger partial charge in [-0.1, -0.05) is 11.6 Å². The van der Waals surface area contributed by atoms with Crippen molar-refractivity contribution in [2.24, 2.45) is 0 Å². The van der Waals surface area contributed by atoms with Crippen LogP contribution in [0.25, 0.3) is 0 Å². The van der Waals surface area contributed by atoms with E-state index >= 15 is 0 Å². The Morgan fingerprint density at radius 1 is 1.55 bits per heavy atom. The van der Waals surface area contributed by atoms with Crippen molar-refractivity contribution in [1.29, 1.82) is 0 Å². The van der Waals surface area contributed by atoms with Crippen molar-refractivity contribution in [1.82, 2.24) is 0 Å². The first-order valence-corrected chi connectivity index (χ1v) is 6.00. The van der Waals surface area contributed by atoms with Crippen LogP contribution in [0.1, 0.15) is 6.42 Å². The number of benzene rings is 1. The summed E-state index contributed by atoms with van der Waals surface area (Å²) < 4.78 is 13.3. The average Bonchev–Trinajstić information content (AvgIpc) is 2.74. The Morgan fingerprint density at radius 3 is 2.75 bits per heavy atom. The molecule has 2 rings (SSSR count). The molecule has 1 aliphatic rings. The molecule has 1 heterocycles. The summed E-state index contributed by atoms with van der Waals surface area (Å²) >= 11 is 5.60.